The van der Waals surface area contributed by atoms with Crippen molar-refractivity contribution in [2.75, 3.05) is 46.8 Å². The van der Waals surface area contributed by atoms with Crippen molar-refractivity contribution in [1.29, 1.82) is 0 Å². The van der Waals surface area contributed by atoms with Gasteiger partial charge in [0, 0.05) is 42.2 Å². The molecule has 0 saturated heterocycles. The summed E-state index contributed by atoms with van der Waals surface area (Å²) in [6.45, 7) is 3.96. The minimum absolute atomic E-state index is 0.0350. The van der Waals surface area contributed by atoms with Crippen LogP contribution in [0.15, 0.2) is 0 Å². The molecule has 0 aliphatic rings. The number of methoxy groups -OCH3 is 1. The van der Waals surface area contributed by atoms with Gasteiger partial charge in [-0.1, -0.05) is 13.8 Å². The Labute approximate surface area is 363 Å². The molecule has 0 aliphatic heterocycles. The molecule has 3 aromatic carbocycles. The second-order valence-electron chi connectivity index (χ2n) is 13.5. The van der Waals surface area contributed by atoms with E-state index in [1.807, 2.05) is 6.92 Å². The highest BCUT2D eigenvalue weighted by Gasteiger charge is 2.30. The smallest absolute Gasteiger partial charge is 0.313 e. The van der Waals surface area contributed by atoms with Crippen molar-refractivity contribution in [2.24, 2.45) is 5.41 Å². The van der Waals surface area contributed by atoms with Crippen LogP contribution in [-0.4, -0.2) is 70.8 Å². The minimum Gasteiger partial charge on any atom is -0.491 e. The maximum Gasteiger partial charge on any atom is 0.313 e. The Morgan fingerprint density at radius 2 is 0.908 bits per heavy atom. The van der Waals surface area contributed by atoms with Gasteiger partial charge >= 0.3 is 11.9 Å². The van der Waals surface area contributed by atoms with E-state index < -0.39 is 134 Å². The number of hydrogen-bond acceptors (Lipinski definition) is 10. The number of hydrogen-bond donors (Lipinski definition) is 0. The molecule has 0 saturated carbocycles. The Hall–Kier alpha value is -5.73. The van der Waals surface area contributed by atoms with Crippen LogP contribution in [0.1, 0.15) is 63.5 Å². The summed E-state index contributed by atoms with van der Waals surface area (Å²) in [4.78, 5) is 45.1. The van der Waals surface area contributed by atoms with Crippen molar-refractivity contribution < 1.29 is 105 Å². The SMILES string of the molecule is C#CCCC(=O)CC.COc1c(F)c(F)c(F)c(F)c1F.Cc1c(F)c(F)c(F)c(OC(=O)CCOCC(C)(COCCC=O)COCCC(=O)Oc2c(F)c(C)c(F)c(F)c2F)c1F. The fourth-order valence-electron chi connectivity index (χ4n) is 4.63. The Kier molecular flexibility index (Phi) is 24.3. The van der Waals surface area contributed by atoms with E-state index in [1.54, 1.807) is 6.92 Å². The second-order valence-corrected chi connectivity index (χ2v) is 13.5. The first-order valence-corrected chi connectivity index (χ1v) is 18.7. The van der Waals surface area contributed by atoms with Crippen LogP contribution in [0.25, 0.3) is 0 Å². The fraction of sp³-hybridized carbons (Fsp3) is 0.429. The second kappa shape index (κ2) is 27.6. The van der Waals surface area contributed by atoms with Gasteiger partial charge in [0.15, 0.2) is 40.7 Å². The number of terminal acetylenes is 1. The van der Waals surface area contributed by atoms with Crippen molar-refractivity contribution in [3.63, 3.8) is 0 Å². The summed E-state index contributed by atoms with van der Waals surface area (Å²) in [7, 11) is 0.804. The molecule has 0 unspecified atom stereocenters. The zero-order valence-corrected chi connectivity index (χ0v) is 35.1. The lowest BCUT2D eigenvalue weighted by Gasteiger charge is -2.29. The van der Waals surface area contributed by atoms with Gasteiger partial charge in [-0.05, 0) is 13.8 Å². The van der Waals surface area contributed by atoms with Crippen molar-refractivity contribution >= 4 is 24.0 Å². The maximum absolute atomic E-state index is 14.1. The van der Waals surface area contributed by atoms with Crippen LogP contribution < -0.4 is 14.2 Å². The number of Topliss-reactive ketones (excluding diaryl/α,β-unsaturated/α-hetero) is 1. The lowest BCUT2D eigenvalue weighted by atomic mass is 9.94. The van der Waals surface area contributed by atoms with Crippen LogP contribution in [0.4, 0.5) is 57.1 Å². The normalized spacial score (nSPS) is 10.8. The van der Waals surface area contributed by atoms with E-state index in [2.05, 4.69) is 20.1 Å². The van der Waals surface area contributed by atoms with Gasteiger partial charge < -0.3 is 33.2 Å². The molecule has 0 atom stereocenters. The van der Waals surface area contributed by atoms with E-state index in [0.29, 0.717) is 25.5 Å². The monoisotopic (exact) mass is 952 g/mol. The van der Waals surface area contributed by atoms with Crippen LogP contribution in [0.3, 0.4) is 0 Å². The lowest BCUT2D eigenvalue weighted by Crippen LogP contribution is -2.35. The molecule has 0 bridgehead atoms. The van der Waals surface area contributed by atoms with Crippen LogP contribution in [0, 0.1) is 107 Å². The molecular weight excluding hydrogens is 911 g/mol. The number of benzene rings is 3. The molecule has 10 nitrogen and oxygen atoms in total. The number of rotatable bonds is 21. The van der Waals surface area contributed by atoms with E-state index in [9.17, 15) is 76.3 Å². The van der Waals surface area contributed by atoms with Crippen molar-refractivity contribution in [2.45, 2.75) is 66.2 Å². The predicted molar refractivity (Wildman–Crippen MR) is 200 cm³/mol. The predicted octanol–water partition coefficient (Wildman–Crippen LogP) is 9.12. The van der Waals surface area contributed by atoms with Crippen LogP contribution in [-0.2, 0) is 33.4 Å². The summed E-state index contributed by atoms with van der Waals surface area (Å²) in [6.07, 6.45) is 6.23. The van der Waals surface area contributed by atoms with Gasteiger partial charge in [-0.25, -0.2) is 39.5 Å². The van der Waals surface area contributed by atoms with Crippen LogP contribution in [0.5, 0.6) is 17.2 Å². The van der Waals surface area contributed by atoms with E-state index in [0.717, 1.165) is 21.0 Å². The summed E-state index contributed by atoms with van der Waals surface area (Å²) in [5.74, 6) is -28.8. The first-order chi connectivity index (χ1) is 30.5. The molecule has 3 aromatic rings. The summed E-state index contributed by atoms with van der Waals surface area (Å²) in [5.41, 5.74) is -2.76. The summed E-state index contributed by atoms with van der Waals surface area (Å²) >= 11 is 0. The fourth-order valence-corrected chi connectivity index (χ4v) is 4.63. The summed E-state index contributed by atoms with van der Waals surface area (Å²) in [6, 6.07) is 0. The van der Waals surface area contributed by atoms with Gasteiger partial charge in [-0.15, -0.1) is 12.3 Å². The Morgan fingerprint density at radius 1 is 0.554 bits per heavy atom. The molecule has 0 fully saturated rings. The zero-order valence-electron chi connectivity index (χ0n) is 35.1. The standard InChI is InChI=1S/C28H28F8O8.C7H3F5O.C7H10O/c1-14-18(29)22(33)24(35)26(20(14)31)43-16(38)5-9-41-12-28(3,11-40-8-4-7-37)13-42-10-6-17(39)44-27-21(32)15(2)19(30)23(34)25(27)36;1-13-7-5(11)3(9)2(8)4(10)6(7)12;1-3-5-6-7(8)4-2/h7H,4-6,8-13H2,1-3H3;1H3;1H,4-6H2,2H3. The molecule has 0 amide bonds. The third kappa shape index (κ3) is 16.6. The molecule has 360 valence electrons. The van der Waals surface area contributed by atoms with Gasteiger partial charge in [0.25, 0.3) is 0 Å². The van der Waals surface area contributed by atoms with E-state index >= 15 is 0 Å². The average molecular weight is 953 g/mol. The van der Waals surface area contributed by atoms with E-state index in [4.69, 9.17) is 20.6 Å². The number of aldehydes is 1. The van der Waals surface area contributed by atoms with Crippen molar-refractivity contribution in [3.05, 3.63) is 86.8 Å². The minimum atomic E-state index is -2.20. The highest BCUT2D eigenvalue weighted by Crippen LogP contribution is 2.32. The van der Waals surface area contributed by atoms with Gasteiger partial charge in [0.1, 0.15) is 12.1 Å². The third-order valence-electron chi connectivity index (χ3n) is 8.27. The van der Waals surface area contributed by atoms with Crippen molar-refractivity contribution in [1.82, 2.24) is 0 Å². The topological polar surface area (TPSA) is 124 Å². The van der Waals surface area contributed by atoms with Crippen LogP contribution in [0.2, 0.25) is 0 Å². The molecule has 0 aliphatic carbocycles. The first-order valence-electron chi connectivity index (χ1n) is 18.7. The Bertz CT molecular complexity index is 2020. The molecule has 65 heavy (non-hydrogen) atoms. The zero-order chi connectivity index (χ0) is 49.8. The van der Waals surface area contributed by atoms with Gasteiger partial charge in [0.2, 0.25) is 52.2 Å². The quantitative estimate of drug-likeness (QED) is 0.0149. The molecule has 0 aromatic heterocycles. The van der Waals surface area contributed by atoms with Gasteiger partial charge in [-0.2, -0.15) is 17.6 Å². The summed E-state index contributed by atoms with van der Waals surface area (Å²) < 4.78 is 201. The number of esters is 2. The van der Waals surface area contributed by atoms with Crippen molar-refractivity contribution in [3.8, 4) is 29.6 Å². The molecule has 0 spiro atoms. The molecule has 0 N–H and O–H groups in total. The largest absolute Gasteiger partial charge is 0.491 e. The number of halogens is 13. The Balaban J connectivity index is 0.000000818. The molecule has 0 radical (unpaired) electrons. The molecule has 0 heterocycles. The lowest BCUT2D eigenvalue weighted by molar-refractivity contribution is -0.136. The van der Waals surface area contributed by atoms with Gasteiger partial charge in [-0.3, -0.25) is 14.4 Å². The molecular formula is C42H41F13O10. The highest BCUT2D eigenvalue weighted by molar-refractivity contribution is 5.78. The number of ketones is 1. The van der Waals surface area contributed by atoms with E-state index in [1.165, 1.54) is 0 Å². The maximum atomic E-state index is 14.1. The Morgan fingerprint density at radius 3 is 1.26 bits per heavy atom. The molecule has 23 heteroatoms. The third-order valence-corrected chi connectivity index (χ3v) is 8.27. The first kappa shape index (κ1) is 57.3. The van der Waals surface area contributed by atoms with Gasteiger partial charge in [0.05, 0.1) is 59.6 Å². The highest BCUT2D eigenvalue weighted by atomic mass is 19.2. The average Bonchev–Trinajstić information content (AvgIpc) is 3.29. The van der Waals surface area contributed by atoms with E-state index in [-0.39, 0.29) is 51.8 Å². The summed E-state index contributed by atoms with van der Waals surface area (Å²) in [5, 5.41) is 0. The number of ether oxygens (including phenoxy) is 6. The number of carbonyl (C=O) groups excluding carboxylic acids is 4. The van der Waals surface area contributed by atoms with Crippen LogP contribution >= 0.6 is 0 Å². The number of carbonyl (C=O) groups is 4. The molecule has 3 rings (SSSR count).